The van der Waals surface area contributed by atoms with Gasteiger partial charge in [0.25, 0.3) is 0 Å². The highest BCUT2D eigenvalue weighted by Gasteiger charge is 2.53. The summed E-state index contributed by atoms with van der Waals surface area (Å²) in [5.74, 6) is -5.50. The molecule has 414 valence electrons. The van der Waals surface area contributed by atoms with Crippen molar-refractivity contribution in [1.82, 2.24) is 0 Å². The molecule has 0 spiro atoms. The van der Waals surface area contributed by atoms with Crippen molar-refractivity contribution >= 4 is 30.2 Å². The van der Waals surface area contributed by atoms with Crippen molar-refractivity contribution in [3.8, 4) is 46.0 Å². The molecule has 4 aliphatic rings. The van der Waals surface area contributed by atoms with Gasteiger partial charge in [-0.05, 0) is 65.8 Å². The summed E-state index contributed by atoms with van der Waals surface area (Å²) in [6.07, 6.45) is -24.4. The molecule has 0 aromatic heterocycles. The maximum atomic E-state index is 12.9. The van der Waals surface area contributed by atoms with Gasteiger partial charge in [-0.3, -0.25) is 0 Å². The number of hydrogen-bond acceptors (Lipinski definition) is 26. The van der Waals surface area contributed by atoms with Crippen molar-refractivity contribution in [1.29, 1.82) is 0 Å². The third kappa shape index (κ3) is 12.8. The number of rotatable bonds is 16. The van der Waals surface area contributed by atoms with Gasteiger partial charge in [0, 0.05) is 29.8 Å². The number of aromatic hydroxyl groups is 6. The maximum Gasteiger partial charge on any atom is 0.330 e. The lowest BCUT2D eigenvalue weighted by Crippen LogP contribution is -2.64. The first-order valence-electron chi connectivity index (χ1n) is 23.5. The highest BCUT2D eigenvalue weighted by Crippen LogP contribution is 2.47. The number of hydrogen-bond donors (Lipinski definition) is 15. The summed E-state index contributed by atoms with van der Waals surface area (Å²) in [5, 5.41) is 159. The number of ether oxygens (including phenoxy) is 9. The standard InChI is InChI=1S/C51H54O26/c52-18-34-39(61)42(64)45(67)49(74-34)72-32-16-25(54)15-31-26(32)17-33(47(71-31)23-6-10-28(56)30(58)14-23)73-51-48(44(66)41(63)36(76-51)20-70-38(60)12-5-22-3-9-27(55)29(57)13-22)77-50-46(68)43(65)40(62)35(75-50)19-69-37(59)11-4-21-1-7-24(53)8-2-21/h1-17,34-36,39-58,61-68H,18-20H2. The zero-order valence-electron chi connectivity index (χ0n) is 39.9. The number of aliphatic hydroxyl groups is 9. The van der Waals surface area contributed by atoms with E-state index in [2.05, 4.69) is 0 Å². The van der Waals surface area contributed by atoms with Gasteiger partial charge in [0.1, 0.15) is 109 Å². The number of carbonyl (C=O) groups excluding carboxylic acids is 2. The van der Waals surface area contributed by atoms with E-state index < -0.39 is 159 Å². The van der Waals surface area contributed by atoms with Gasteiger partial charge in [-0.1, -0.05) is 24.3 Å². The molecule has 16 unspecified atom stereocenters. The first-order chi connectivity index (χ1) is 36.7. The van der Waals surface area contributed by atoms with E-state index in [0.717, 1.165) is 42.5 Å². The molecule has 3 fully saturated rings. The van der Waals surface area contributed by atoms with Crippen molar-refractivity contribution in [2.24, 2.45) is 0 Å². The van der Waals surface area contributed by atoms with Gasteiger partial charge < -0.3 is 119 Å². The van der Waals surface area contributed by atoms with Crippen LogP contribution in [0.1, 0.15) is 28.4 Å². The second-order valence-electron chi connectivity index (χ2n) is 18.0. The minimum absolute atomic E-state index is 0.0183. The average molecular weight is 1080 g/mol. The molecule has 3 saturated heterocycles. The lowest BCUT2D eigenvalue weighted by atomic mass is 9.97. The number of phenols is 6. The van der Waals surface area contributed by atoms with Gasteiger partial charge in [0.2, 0.25) is 12.6 Å². The third-order valence-corrected chi connectivity index (χ3v) is 12.6. The van der Waals surface area contributed by atoms with Crippen LogP contribution in [0.25, 0.3) is 18.2 Å². The number of carbonyl (C=O) groups is 2. The summed E-state index contributed by atoms with van der Waals surface area (Å²) in [7, 11) is 0. The molecular formula is C51H54O26. The van der Waals surface area contributed by atoms with E-state index in [9.17, 15) is 86.2 Å². The Morgan fingerprint density at radius 2 is 1.06 bits per heavy atom. The number of benzene rings is 4. The molecule has 4 heterocycles. The van der Waals surface area contributed by atoms with Crippen molar-refractivity contribution in [3.05, 3.63) is 113 Å². The monoisotopic (exact) mass is 1080 g/mol. The molecule has 4 aromatic rings. The maximum absolute atomic E-state index is 12.9. The topological polar surface area (TPSA) is 421 Å². The second kappa shape index (κ2) is 23.9. The van der Waals surface area contributed by atoms with Crippen molar-refractivity contribution < 1.29 is 129 Å². The van der Waals surface area contributed by atoms with Gasteiger partial charge >= 0.3 is 11.9 Å². The number of aliphatic hydroxyl groups excluding tert-OH is 9. The van der Waals surface area contributed by atoms with Crippen LogP contribution >= 0.6 is 0 Å². The van der Waals surface area contributed by atoms with Crippen LogP contribution in [0.5, 0.6) is 46.0 Å². The molecule has 4 aliphatic heterocycles. The first kappa shape index (κ1) is 55.9. The molecule has 15 N–H and O–H groups in total. The molecule has 0 aliphatic carbocycles. The SMILES string of the molecule is O=C(C=Cc1ccc(O)cc1)OCC1OC(OC2C(OC3=Cc4c(cc(O)cc4OC4OC(CO)C(O)C(O)C4O)OC3c3ccc(O)c(O)c3)OC(COC(=O)C=Cc3ccc(O)c(O)c3)C(O)C2O)C(O)C(O)C1O. The molecule has 0 radical (unpaired) electrons. The first-order valence-corrected chi connectivity index (χ1v) is 23.5. The minimum atomic E-state index is -2.16. The lowest BCUT2D eigenvalue weighted by molar-refractivity contribution is -0.364. The second-order valence-corrected chi connectivity index (χ2v) is 18.0. The van der Waals surface area contributed by atoms with Gasteiger partial charge in [0.05, 0.1) is 12.2 Å². The molecule has 0 saturated carbocycles. The Labute approximate surface area is 435 Å². The molecule has 16 atom stereocenters. The highest BCUT2D eigenvalue weighted by atomic mass is 16.8. The predicted molar refractivity (Wildman–Crippen MR) is 255 cm³/mol. The summed E-state index contributed by atoms with van der Waals surface area (Å²) in [5.41, 5.74) is 0.691. The zero-order chi connectivity index (χ0) is 55.4. The smallest absolute Gasteiger partial charge is 0.330 e. The third-order valence-electron chi connectivity index (χ3n) is 12.6. The Bertz CT molecular complexity index is 2820. The van der Waals surface area contributed by atoms with Gasteiger partial charge in [-0.25, -0.2) is 9.59 Å². The number of fused-ring (bicyclic) bond motifs is 1. The summed E-state index contributed by atoms with van der Waals surface area (Å²) in [6, 6.07) is 15.0. The Hall–Kier alpha value is -7.28. The number of esters is 2. The zero-order valence-corrected chi connectivity index (χ0v) is 39.9. The Kier molecular flexibility index (Phi) is 17.4. The molecule has 4 aromatic carbocycles. The Balaban J connectivity index is 1.11. The van der Waals surface area contributed by atoms with Crippen LogP contribution in [0.15, 0.2) is 90.7 Å². The summed E-state index contributed by atoms with van der Waals surface area (Å²) in [6.45, 7) is -2.39. The molecule has 77 heavy (non-hydrogen) atoms. The normalized spacial score (nSPS) is 31.2. The van der Waals surface area contributed by atoms with Crippen molar-refractivity contribution in [3.63, 3.8) is 0 Å². The molecular weight excluding hydrogens is 1030 g/mol. The van der Waals surface area contributed by atoms with Gasteiger partial charge in [-0.2, -0.15) is 0 Å². The van der Waals surface area contributed by atoms with Crippen LogP contribution in [0.3, 0.4) is 0 Å². The molecule has 0 bridgehead atoms. The molecule has 26 nitrogen and oxygen atoms in total. The predicted octanol–water partition coefficient (Wildman–Crippen LogP) is -1.26. The summed E-state index contributed by atoms with van der Waals surface area (Å²) < 4.78 is 52.6. The van der Waals surface area contributed by atoms with Crippen LogP contribution in [0, 0.1) is 0 Å². The fraction of sp³-hybridized carbons (Fsp3) is 0.373. The van der Waals surface area contributed by atoms with Crippen LogP contribution in [0.2, 0.25) is 0 Å². The minimum Gasteiger partial charge on any atom is -0.508 e. The van der Waals surface area contributed by atoms with Crippen LogP contribution in [0.4, 0.5) is 0 Å². The lowest BCUT2D eigenvalue weighted by Gasteiger charge is -2.46. The quantitative estimate of drug-likeness (QED) is 0.0354. The van der Waals surface area contributed by atoms with Crippen LogP contribution in [-0.2, 0) is 42.7 Å². The Morgan fingerprint density at radius 1 is 0.519 bits per heavy atom. The largest absolute Gasteiger partial charge is 0.508 e. The fourth-order valence-corrected chi connectivity index (χ4v) is 8.37. The summed E-state index contributed by atoms with van der Waals surface area (Å²) >= 11 is 0. The van der Waals surface area contributed by atoms with Crippen LogP contribution < -0.4 is 9.47 Å². The van der Waals surface area contributed by atoms with Crippen molar-refractivity contribution in [2.45, 2.75) is 98.2 Å². The van der Waals surface area contributed by atoms with Crippen LogP contribution in [-0.4, -0.2) is 200 Å². The van der Waals surface area contributed by atoms with E-state index in [1.807, 2.05) is 0 Å². The van der Waals surface area contributed by atoms with E-state index in [-0.39, 0.29) is 39.7 Å². The van der Waals surface area contributed by atoms with Gasteiger partial charge in [-0.15, -0.1) is 0 Å². The van der Waals surface area contributed by atoms with E-state index in [1.54, 1.807) is 0 Å². The summed E-state index contributed by atoms with van der Waals surface area (Å²) in [4.78, 5) is 25.6. The molecule has 0 amide bonds. The average Bonchev–Trinajstić information content (AvgIpc) is 3.41. The van der Waals surface area contributed by atoms with E-state index in [0.29, 0.717) is 5.56 Å². The number of phenolic OH excluding ortho intramolecular Hbond substituents is 6. The van der Waals surface area contributed by atoms with Gasteiger partial charge in [0.15, 0.2) is 41.5 Å². The molecule has 26 heteroatoms. The van der Waals surface area contributed by atoms with E-state index >= 15 is 0 Å². The van der Waals surface area contributed by atoms with E-state index in [4.69, 9.17) is 42.6 Å². The fourth-order valence-electron chi connectivity index (χ4n) is 8.37. The Morgan fingerprint density at radius 3 is 1.69 bits per heavy atom. The van der Waals surface area contributed by atoms with E-state index in [1.165, 1.54) is 60.7 Å². The highest BCUT2D eigenvalue weighted by molar-refractivity contribution is 5.87. The molecule has 8 rings (SSSR count). The van der Waals surface area contributed by atoms with Crippen molar-refractivity contribution in [2.75, 3.05) is 19.8 Å².